The summed E-state index contributed by atoms with van der Waals surface area (Å²) in [7, 11) is 0. The molecule has 0 spiro atoms. The third-order valence-electron chi connectivity index (χ3n) is 3.33. The predicted molar refractivity (Wildman–Crippen MR) is 92.2 cm³/mol. The molecular formula is C17H21BrN2O2. The Morgan fingerprint density at radius 3 is 2.77 bits per heavy atom. The predicted octanol–water partition coefficient (Wildman–Crippen LogP) is 4.62. The Bertz CT molecular complexity index is 650. The zero-order valence-corrected chi connectivity index (χ0v) is 14.7. The molecule has 1 N–H and O–H groups in total. The first kappa shape index (κ1) is 16.8. The molecule has 0 unspecified atom stereocenters. The number of hydrogen-bond acceptors (Lipinski definition) is 2. The van der Waals surface area contributed by atoms with Crippen molar-refractivity contribution in [1.29, 1.82) is 0 Å². The lowest BCUT2D eigenvalue weighted by molar-refractivity contribution is 0.101. The van der Waals surface area contributed by atoms with E-state index in [0.717, 1.165) is 15.7 Å². The van der Waals surface area contributed by atoms with Crippen molar-refractivity contribution in [2.24, 2.45) is 0 Å². The molecular weight excluding hydrogens is 344 g/mol. The van der Waals surface area contributed by atoms with Crippen LogP contribution in [-0.2, 0) is 11.3 Å². The van der Waals surface area contributed by atoms with Gasteiger partial charge in [0.1, 0.15) is 5.69 Å². The molecule has 4 nitrogen and oxygen atoms in total. The van der Waals surface area contributed by atoms with E-state index in [2.05, 4.69) is 21.2 Å². The zero-order chi connectivity index (χ0) is 16.1. The first-order valence-electron chi connectivity index (χ1n) is 7.37. The Hall–Kier alpha value is -1.59. The minimum absolute atomic E-state index is 0.122. The summed E-state index contributed by atoms with van der Waals surface area (Å²) < 4.78 is 8.30. The number of anilines is 1. The highest BCUT2D eigenvalue weighted by Gasteiger charge is 2.16. The van der Waals surface area contributed by atoms with Gasteiger partial charge in [-0.1, -0.05) is 18.2 Å². The smallest absolute Gasteiger partial charge is 0.272 e. The molecule has 0 aliphatic rings. The van der Waals surface area contributed by atoms with Gasteiger partial charge < -0.3 is 14.6 Å². The van der Waals surface area contributed by atoms with Crippen molar-refractivity contribution in [1.82, 2.24) is 4.57 Å². The van der Waals surface area contributed by atoms with Crippen LogP contribution in [0.2, 0.25) is 0 Å². The molecule has 0 saturated heterocycles. The minimum atomic E-state index is -0.122. The normalized spacial score (nSPS) is 11.0. The van der Waals surface area contributed by atoms with Crippen LogP contribution in [0.15, 0.2) is 41.0 Å². The fourth-order valence-electron chi connectivity index (χ4n) is 2.22. The number of nitrogens with zero attached hydrogens (tertiary/aromatic N) is 1. The van der Waals surface area contributed by atoms with Gasteiger partial charge in [-0.15, -0.1) is 0 Å². The van der Waals surface area contributed by atoms with E-state index in [-0.39, 0.29) is 11.9 Å². The molecule has 118 valence electrons. The Morgan fingerprint density at radius 2 is 2.09 bits per heavy atom. The summed E-state index contributed by atoms with van der Waals surface area (Å²) >= 11 is 3.43. The van der Waals surface area contributed by atoms with Crippen molar-refractivity contribution >= 4 is 27.5 Å². The van der Waals surface area contributed by atoms with E-state index in [1.54, 1.807) is 0 Å². The number of benzene rings is 1. The van der Waals surface area contributed by atoms with Crippen LogP contribution in [0.1, 0.15) is 42.9 Å². The summed E-state index contributed by atoms with van der Waals surface area (Å²) in [5, 5.41) is 2.98. The van der Waals surface area contributed by atoms with Crippen LogP contribution < -0.4 is 5.32 Å². The monoisotopic (exact) mass is 364 g/mol. The number of para-hydroxylation sites is 1. The van der Waals surface area contributed by atoms with Crippen LogP contribution in [0.3, 0.4) is 0 Å². The minimum Gasteiger partial charge on any atom is -0.377 e. The number of amides is 1. The third-order valence-corrected chi connectivity index (χ3v) is 3.77. The Morgan fingerprint density at radius 1 is 1.36 bits per heavy atom. The molecule has 1 amide bonds. The van der Waals surface area contributed by atoms with Gasteiger partial charge in [0.05, 0.1) is 6.61 Å². The largest absolute Gasteiger partial charge is 0.377 e. The van der Waals surface area contributed by atoms with Crippen molar-refractivity contribution in [3.05, 3.63) is 52.3 Å². The van der Waals surface area contributed by atoms with Crippen LogP contribution >= 0.6 is 15.9 Å². The topological polar surface area (TPSA) is 43.3 Å². The molecule has 0 aliphatic heterocycles. The standard InChI is InChI=1S/C17H21BrN2O2/c1-4-22-11-13-7-5-6-8-15(13)19-17(21)16-9-14(18)10-20(16)12(2)3/h5-10,12H,4,11H2,1-3H3,(H,19,21). The lowest BCUT2D eigenvalue weighted by atomic mass is 10.2. The highest BCUT2D eigenvalue weighted by atomic mass is 79.9. The van der Waals surface area contributed by atoms with Crippen molar-refractivity contribution in [3.63, 3.8) is 0 Å². The first-order valence-corrected chi connectivity index (χ1v) is 8.16. The molecule has 0 atom stereocenters. The van der Waals surface area contributed by atoms with E-state index in [9.17, 15) is 4.79 Å². The summed E-state index contributed by atoms with van der Waals surface area (Å²) in [6.07, 6.45) is 1.92. The van der Waals surface area contributed by atoms with Gasteiger partial charge in [-0.25, -0.2) is 0 Å². The van der Waals surface area contributed by atoms with Crippen molar-refractivity contribution in [3.8, 4) is 0 Å². The summed E-state index contributed by atoms with van der Waals surface area (Å²) in [6.45, 7) is 7.18. The van der Waals surface area contributed by atoms with E-state index in [1.165, 1.54) is 0 Å². The molecule has 22 heavy (non-hydrogen) atoms. The lowest BCUT2D eigenvalue weighted by Gasteiger charge is -2.14. The quantitative estimate of drug-likeness (QED) is 0.812. The third kappa shape index (κ3) is 3.99. The summed E-state index contributed by atoms with van der Waals surface area (Å²) in [5.74, 6) is -0.122. The Kier molecular flexibility index (Phi) is 5.80. The zero-order valence-electron chi connectivity index (χ0n) is 13.1. The number of rotatable bonds is 6. The number of hydrogen-bond donors (Lipinski definition) is 1. The van der Waals surface area contributed by atoms with E-state index < -0.39 is 0 Å². The van der Waals surface area contributed by atoms with Gasteiger partial charge in [0, 0.05) is 34.6 Å². The van der Waals surface area contributed by atoms with E-state index in [4.69, 9.17) is 4.74 Å². The maximum Gasteiger partial charge on any atom is 0.272 e. The first-order chi connectivity index (χ1) is 10.5. The van der Waals surface area contributed by atoms with Crippen LogP contribution in [-0.4, -0.2) is 17.1 Å². The number of nitrogens with one attached hydrogen (secondary N) is 1. The maximum absolute atomic E-state index is 12.6. The second-order valence-corrected chi connectivity index (χ2v) is 6.21. The highest BCUT2D eigenvalue weighted by molar-refractivity contribution is 9.10. The van der Waals surface area contributed by atoms with Crippen LogP contribution in [0.4, 0.5) is 5.69 Å². The molecule has 2 rings (SSSR count). The fraction of sp³-hybridized carbons (Fsp3) is 0.353. The molecule has 2 aromatic rings. The molecule has 1 heterocycles. The van der Waals surface area contributed by atoms with Gasteiger partial charge in [-0.3, -0.25) is 4.79 Å². The van der Waals surface area contributed by atoms with Gasteiger partial charge in [-0.05, 0) is 48.8 Å². The number of carbonyl (C=O) groups excluding carboxylic acids is 1. The van der Waals surface area contributed by atoms with Gasteiger partial charge in [0.15, 0.2) is 0 Å². The average molecular weight is 365 g/mol. The molecule has 0 radical (unpaired) electrons. The number of ether oxygens (including phenoxy) is 1. The molecule has 0 bridgehead atoms. The SMILES string of the molecule is CCOCc1ccccc1NC(=O)c1cc(Br)cn1C(C)C. The maximum atomic E-state index is 12.6. The molecule has 0 saturated carbocycles. The van der Waals surface area contributed by atoms with Crippen LogP contribution in [0, 0.1) is 0 Å². The molecule has 0 fully saturated rings. The van der Waals surface area contributed by atoms with Crippen LogP contribution in [0.25, 0.3) is 0 Å². The highest BCUT2D eigenvalue weighted by Crippen LogP contribution is 2.22. The van der Waals surface area contributed by atoms with Gasteiger partial charge in [0.2, 0.25) is 0 Å². The fourth-order valence-corrected chi connectivity index (χ4v) is 2.66. The van der Waals surface area contributed by atoms with Gasteiger partial charge in [-0.2, -0.15) is 0 Å². The van der Waals surface area contributed by atoms with E-state index in [0.29, 0.717) is 18.9 Å². The van der Waals surface area contributed by atoms with Gasteiger partial charge >= 0.3 is 0 Å². The summed E-state index contributed by atoms with van der Waals surface area (Å²) in [5.41, 5.74) is 2.39. The number of carbonyl (C=O) groups is 1. The number of halogens is 1. The van der Waals surface area contributed by atoms with Crippen LogP contribution in [0.5, 0.6) is 0 Å². The van der Waals surface area contributed by atoms with Gasteiger partial charge in [0.25, 0.3) is 5.91 Å². The summed E-state index contributed by atoms with van der Waals surface area (Å²) in [6, 6.07) is 9.75. The Labute approximate surface area is 139 Å². The molecule has 0 aliphatic carbocycles. The second-order valence-electron chi connectivity index (χ2n) is 5.29. The van der Waals surface area contributed by atoms with E-state index in [1.807, 2.05) is 61.9 Å². The number of aromatic nitrogens is 1. The molecule has 1 aromatic carbocycles. The van der Waals surface area contributed by atoms with Crippen molar-refractivity contribution < 1.29 is 9.53 Å². The van der Waals surface area contributed by atoms with Crippen molar-refractivity contribution in [2.45, 2.75) is 33.4 Å². The second kappa shape index (κ2) is 7.61. The summed E-state index contributed by atoms with van der Waals surface area (Å²) in [4.78, 5) is 12.6. The molecule has 1 aromatic heterocycles. The average Bonchev–Trinajstić information content (AvgIpc) is 2.89. The Balaban J connectivity index is 2.22. The lowest BCUT2D eigenvalue weighted by Crippen LogP contribution is -2.18. The van der Waals surface area contributed by atoms with Crippen molar-refractivity contribution in [2.75, 3.05) is 11.9 Å². The van der Waals surface area contributed by atoms with E-state index >= 15 is 0 Å². The molecule has 5 heteroatoms.